The van der Waals surface area contributed by atoms with Crippen molar-refractivity contribution in [3.63, 3.8) is 0 Å². The number of nitrogens with zero attached hydrogens (tertiary/aromatic N) is 1. The SMILES string of the molecule is CC(C)(C#N)C1CCC(C2NNC3CNC4CCC(C5CCCC(NC6CCC(N)CC6)C5)CC4C32)CC1. The fourth-order valence-electron chi connectivity index (χ4n) is 10.2. The first-order valence-corrected chi connectivity index (χ1v) is 16.6. The molecule has 0 aromatic rings. The van der Waals surface area contributed by atoms with Crippen molar-refractivity contribution in [1.82, 2.24) is 21.5 Å². The van der Waals surface area contributed by atoms with Gasteiger partial charge in [0.05, 0.1) is 11.5 Å². The lowest BCUT2D eigenvalue weighted by Gasteiger charge is -2.50. The number of rotatable bonds is 5. The Labute approximate surface area is 232 Å². The molecule has 0 aromatic carbocycles. The highest BCUT2D eigenvalue weighted by atomic mass is 15.4. The minimum absolute atomic E-state index is 0.179. The number of nitrogens with one attached hydrogen (secondary N) is 4. The predicted molar refractivity (Wildman–Crippen MR) is 154 cm³/mol. The van der Waals surface area contributed by atoms with E-state index in [4.69, 9.17) is 5.73 Å². The smallest absolute Gasteiger partial charge is 0.0686 e. The maximum Gasteiger partial charge on any atom is 0.0686 e. The van der Waals surface area contributed by atoms with E-state index in [1.165, 1.54) is 96.3 Å². The van der Waals surface area contributed by atoms with Crippen LogP contribution >= 0.6 is 0 Å². The molecule has 6 N–H and O–H groups in total. The summed E-state index contributed by atoms with van der Waals surface area (Å²) in [5, 5.41) is 17.7. The summed E-state index contributed by atoms with van der Waals surface area (Å²) < 4.78 is 0. The molecule has 8 unspecified atom stereocenters. The largest absolute Gasteiger partial charge is 0.328 e. The van der Waals surface area contributed by atoms with E-state index in [0.29, 0.717) is 30.1 Å². The van der Waals surface area contributed by atoms with Gasteiger partial charge in [-0.15, -0.1) is 0 Å². The van der Waals surface area contributed by atoms with Gasteiger partial charge in [-0.1, -0.05) is 12.8 Å². The Morgan fingerprint density at radius 2 is 1.50 bits per heavy atom. The van der Waals surface area contributed by atoms with E-state index in [1.54, 1.807) is 0 Å². The van der Waals surface area contributed by atoms with Crippen molar-refractivity contribution >= 4 is 0 Å². The van der Waals surface area contributed by atoms with Crippen LogP contribution in [0.1, 0.15) is 110 Å². The second-order valence-electron chi connectivity index (χ2n) is 15.1. The van der Waals surface area contributed by atoms with Gasteiger partial charge in [0, 0.05) is 42.8 Å². The number of hydrogen-bond donors (Lipinski definition) is 5. The van der Waals surface area contributed by atoms with Crippen LogP contribution in [-0.2, 0) is 0 Å². The van der Waals surface area contributed by atoms with Crippen LogP contribution in [0.5, 0.6) is 0 Å². The molecule has 2 saturated heterocycles. The van der Waals surface area contributed by atoms with E-state index >= 15 is 0 Å². The summed E-state index contributed by atoms with van der Waals surface area (Å²) in [6, 6.07) is 6.39. The molecule has 8 atom stereocenters. The molecule has 0 bridgehead atoms. The molecule has 6 nitrogen and oxygen atoms in total. The van der Waals surface area contributed by atoms with E-state index in [9.17, 15) is 5.26 Å². The minimum atomic E-state index is -0.179. The van der Waals surface area contributed by atoms with Gasteiger partial charge in [0.25, 0.3) is 0 Å². The zero-order chi connectivity index (χ0) is 26.3. The molecule has 4 aliphatic carbocycles. The van der Waals surface area contributed by atoms with E-state index in [1.807, 2.05) is 0 Å². The Bertz CT molecular complexity index is 822. The average molecular weight is 525 g/mol. The van der Waals surface area contributed by atoms with Gasteiger partial charge in [0.2, 0.25) is 0 Å². The van der Waals surface area contributed by atoms with Crippen molar-refractivity contribution in [2.24, 2.45) is 46.7 Å². The highest BCUT2D eigenvalue weighted by molar-refractivity contribution is 5.08. The third-order valence-corrected chi connectivity index (χ3v) is 12.6. The molecule has 6 heteroatoms. The second kappa shape index (κ2) is 11.6. The predicted octanol–water partition coefficient (Wildman–Crippen LogP) is 4.61. The second-order valence-corrected chi connectivity index (χ2v) is 15.1. The first kappa shape index (κ1) is 27.5. The summed E-state index contributed by atoms with van der Waals surface area (Å²) in [5.74, 6) is 4.72. The summed E-state index contributed by atoms with van der Waals surface area (Å²) >= 11 is 0. The van der Waals surface area contributed by atoms with Crippen molar-refractivity contribution in [1.29, 1.82) is 5.26 Å². The van der Waals surface area contributed by atoms with Crippen LogP contribution in [-0.4, -0.2) is 42.8 Å². The third-order valence-electron chi connectivity index (χ3n) is 12.6. The summed E-state index contributed by atoms with van der Waals surface area (Å²) in [7, 11) is 0. The fraction of sp³-hybridized carbons (Fsp3) is 0.969. The summed E-state index contributed by atoms with van der Waals surface area (Å²) in [4.78, 5) is 0. The lowest BCUT2D eigenvalue weighted by atomic mass is 9.59. The summed E-state index contributed by atoms with van der Waals surface area (Å²) in [6.45, 7) is 5.43. The van der Waals surface area contributed by atoms with Gasteiger partial charge in [-0.25, -0.2) is 0 Å². The first-order valence-electron chi connectivity index (χ1n) is 16.6. The molecule has 0 radical (unpaired) electrons. The fourth-order valence-corrected chi connectivity index (χ4v) is 10.2. The summed E-state index contributed by atoms with van der Waals surface area (Å²) in [6.07, 6.45) is 19.9. The van der Waals surface area contributed by atoms with Crippen LogP contribution in [0.25, 0.3) is 0 Å². The standard InChI is InChI=1S/C32H56N6/c1-32(2,19-33)23-9-6-20(7-10-23)31-30-27-17-22(8-15-28(27)35-18-29(30)37-38-31)21-4-3-5-26(16-21)36-25-13-11-24(34)12-14-25/h20-31,35-38H,3-18,34H2,1-2H3. The Morgan fingerprint density at radius 1 is 0.763 bits per heavy atom. The maximum atomic E-state index is 9.66. The number of piperidine rings is 1. The minimum Gasteiger partial charge on any atom is -0.328 e. The molecule has 0 aromatic heterocycles. The van der Waals surface area contributed by atoms with Gasteiger partial charge in [-0.05, 0) is 133 Å². The first-order chi connectivity index (χ1) is 18.4. The van der Waals surface area contributed by atoms with Crippen LogP contribution in [0.2, 0.25) is 0 Å². The molecule has 2 aliphatic heterocycles. The van der Waals surface area contributed by atoms with Crippen molar-refractivity contribution < 1.29 is 0 Å². The van der Waals surface area contributed by atoms with Gasteiger partial charge < -0.3 is 16.4 Å². The Morgan fingerprint density at radius 3 is 2.26 bits per heavy atom. The molecule has 2 heterocycles. The third kappa shape index (κ3) is 5.70. The highest BCUT2D eigenvalue weighted by Crippen LogP contribution is 2.49. The van der Waals surface area contributed by atoms with Crippen LogP contribution in [0.3, 0.4) is 0 Å². The molecule has 6 aliphatic rings. The van der Waals surface area contributed by atoms with Crippen molar-refractivity contribution in [2.75, 3.05) is 6.54 Å². The highest BCUT2D eigenvalue weighted by Gasteiger charge is 2.52. The van der Waals surface area contributed by atoms with Gasteiger partial charge >= 0.3 is 0 Å². The van der Waals surface area contributed by atoms with E-state index in [0.717, 1.165) is 48.2 Å². The maximum absolute atomic E-state index is 9.66. The quantitative estimate of drug-likeness (QED) is 0.360. The molecule has 6 fully saturated rings. The monoisotopic (exact) mass is 524 g/mol. The number of hydrogen-bond acceptors (Lipinski definition) is 6. The number of fused-ring (bicyclic) bond motifs is 3. The zero-order valence-corrected chi connectivity index (χ0v) is 24.3. The van der Waals surface area contributed by atoms with Gasteiger partial charge in [-0.2, -0.15) is 5.26 Å². The van der Waals surface area contributed by atoms with E-state index in [-0.39, 0.29) is 5.41 Å². The molecule has 214 valence electrons. The zero-order valence-electron chi connectivity index (χ0n) is 24.3. The van der Waals surface area contributed by atoms with Crippen LogP contribution in [0.4, 0.5) is 0 Å². The van der Waals surface area contributed by atoms with Gasteiger partial charge in [-0.3, -0.25) is 10.9 Å². The number of nitriles is 1. The molecule has 38 heavy (non-hydrogen) atoms. The molecule has 4 saturated carbocycles. The Hall–Kier alpha value is -0.710. The lowest BCUT2D eigenvalue weighted by Crippen LogP contribution is -2.58. The molecular weight excluding hydrogens is 468 g/mol. The van der Waals surface area contributed by atoms with Crippen molar-refractivity contribution in [2.45, 2.75) is 146 Å². The molecule has 0 spiro atoms. The Balaban J connectivity index is 1.07. The molecule has 0 amide bonds. The van der Waals surface area contributed by atoms with Gasteiger partial charge in [0.15, 0.2) is 0 Å². The normalized spacial score (nSPS) is 48.1. The van der Waals surface area contributed by atoms with E-state index < -0.39 is 0 Å². The lowest BCUT2D eigenvalue weighted by molar-refractivity contribution is 0.0411. The van der Waals surface area contributed by atoms with Gasteiger partial charge in [0.1, 0.15) is 0 Å². The van der Waals surface area contributed by atoms with Crippen molar-refractivity contribution in [3.05, 3.63) is 0 Å². The topological polar surface area (TPSA) is 97.9 Å². The number of hydrazine groups is 1. The van der Waals surface area contributed by atoms with E-state index in [2.05, 4.69) is 41.4 Å². The van der Waals surface area contributed by atoms with Crippen molar-refractivity contribution in [3.8, 4) is 6.07 Å². The summed E-state index contributed by atoms with van der Waals surface area (Å²) in [5.41, 5.74) is 13.6. The average Bonchev–Trinajstić information content (AvgIpc) is 3.39. The number of nitrogens with two attached hydrogens (primary N) is 1. The molecular formula is C32H56N6. The van der Waals surface area contributed by atoms with Crippen LogP contribution in [0.15, 0.2) is 0 Å². The van der Waals surface area contributed by atoms with Crippen LogP contribution in [0, 0.1) is 52.3 Å². The van der Waals surface area contributed by atoms with Crippen LogP contribution < -0.4 is 27.2 Å². The Kier molecular flexibility index (Phi) is 8.42. The molecule has 6 rings (SSSR count).